The molecule has 0 fully saturated rings. The van der Waals surface area contributed by atoms with Crippen LogP contribution in [0.3, 0.4) is 0 Å². The summed E-state index contributed by atoms with van der Waals surface area (Å²) in [5.74, 6) is 0.867. The standard InChI is InChI=1S/C14H11Br2NO4/c1-8(18)13-3-2-11(7-14(13)16)21-12-5-9(15)4-10(6-12)17(19)20/h2-8,18H,1H3. The van der Waals surface area contributed by atoms with E-state index in [1.165, 1.54) is 12.1 Å². The maximum Gasteiger partial charge on any atom is 0.274 e. The van der Waals surface area contributed by atoms with Gasteiger partial charge in [-0.1, -0.05) is 37.9 Å². The highest BCUT2D eigenvalue weighted by molar-refractivity contribution is 9.10. The first-order valence-corrected chi connectivity index (χ1v) is 7.56. The molecule has 0 saturated heterocycles. The van der Waals surface area contributed by atoms with Crippen molar-refractivity contribution in [3.05, 3.63) is 61.0 Å². The predicted octanol–water partition coefficient (Wildman–Crippen LogP) is 4.97. The molecule has 0 radical (unpaired) electrons. The maximum atomic E-state index is 10.8. The quantitative estimate of drug-likeness (QED) is 0.564. The number of nitrogens with zero attached hydrogens (tertiary/aromatic N) is 1. The van der Waals surface area contributed by atoms with Gasteiger partial charge in [-0.15, -0.1) is 0 Å². The van der Waals surface area contributed by atoms with Gasteiger partial charge in [0.25, 0.3) is 5.69 Å². The van der Waals surface area contributed by atoms with Crippen molar-refractivity contribution in [2.75, 3.05) is 0 Å². The van der Waals surface area contributed by atoms with Crippen molar-refractivity contribution in [1.82, 2.24) is 0 Å². The van der Waals surface area contributed by atoms with Crippen LogP contribution in [0.2, 0.25) is 0 Å². The van der Waals surface area contributed by atoms with Gasteiger partial charge < -0.3 is 9.84 Å². The molecule has 0 aliphatic rings. The third-order valence-electron chi connectivity index (χ3n) is 2.72. The summed E-state index contributed by atoms with van der Waals surface area (Å²) >= 11 is 6.57. The second-order valence-corrected chi connectivity index (χ2v) is 6.13. The number of non-ortho nitro benzene ring substituents is 1. The lowest BCUT2D eigenvalue weighted by atomic mass is 10.1. The Kier molecular flexibility index (Phi) is 4.97. The van der Waals surface area contributed by atoms with Crippen LogP contribution in [0.5, 0.6) is 11.5 Å². The summed E-state index contributed by atoms with van der Waals surface area (Å²) in [6, 6.07) is 9.52. The minimum atomic E-state index is -0.597. The van der Waals surface area contributed by atoms with E-state index in [9.17, 15) is 15.2 Å². The molecular weight excluding hydrogens is 406 g/mol. The van der Waals surface area contributed by atoms with E-state index in [-0.39, 0.29) is 5.69 Å². The maximum absolute atomic E-state index is 10.8. The molecule has 0 amide bonds. The molecule has 0 saturated carbocycles. The predicted molar refractivity (Wildman–Crippen MR) is 85.6 cm³/mol. The fraction of sp³-hybridized carbons (Fsp3) is 0.143. The Morgan fingerprint density at radius 3 is 2.48 bits per heavy atom. The molecular formula is C14H11Br2NO4. The van der Waals surface area contributed by atoms with Crippen molar-refractivity contribution >= 4 is 37.5 Å². The van der Waals surface area contributed by atoms with Gasteiger partial charge >= 0.3 is 0 Å². The molecule has 110 valence electrons. The highest BCUT2D eigenvalue weighted by Gasteiger charge is 2.12. The van der Waals surface area contributed by atoms with E-state index >= 15 is 0 Å². The largest absolute Gasteiger partial charge is 0.457 e. The van der Waals surface area contributed by atoms with Gasteiger partial charge in [-0.05, 0) is 30.7 Å². The SMILES string of the molecule is CC(O)c1ccc(Oc2cc(Br)cc([N+](=O)[O-])c2)cc1Br. The first kappa shape index (κ1) is 15.9. The topological polar surface area (TPSA) is 72.6 Å². The number of nitro groups is 1. The number of aliphatic hydroxyl groups is 1. The molecule has 7 heteroatoms. The second-order valence-electron chi connectivity index (χ2n) is 4.36. The van der Waals surface area contributed by atoms with Gasteiger partial charge in [0.1, 0.15) is 11.5 Å². The molecule has 1 atom stereocenters. The zero-order chi connectivity index (χ0) is 15.6. The molecule has 0 aliphatic heterocycles. The van der Waals surface area contributed by atoms with Gasteiger partial charge in [0.15, 0.2) is 0 Å². The van der Waals surface area contributed by atoms with Crippen molar-refractivity contribution in [3.63, 3.8) is 0 Å². The number of aliphatic hydroxyl groups excluding tert-OH is 1. The Morgan fingerprint density at radius 2 is 1.90 bits per heavy atom. The molecule has 0 bridgehead atoms. The van der Waals surface area contributed by atoms with Crippen molar-refractivity contribution in [1.29, 1.82) is 0 Å². The van der Waals surface area contributed by atoms with Crippen LogP contribution in [-0.2, 0) is 0 Å². The molecule has 1 N–H and O–H groups in total. The van der Waals surface area contributed by atoms with Crippen molar-refractivity contribution < 1.29 is 14.8 Å². The lowest BCUT2D eigenvalue weighted by molar-refractivity contribution is -0.385. The first-order valence-electron chi connectivity index (χ1n) is 5.97. The zero-order valence-corrected chi connectivity index (χ0v) is 14.1. The normalized spacial score (nSPS) is 12.0. The van der Waals surface area contributed by atoms with Gasteiger partial charge in [0.2, 0.25) is 0 Å². The van der Waals surface area contributed by atoms with Crippen LogP contribution >= 0.6 is 31.9 Å². The first-order chi connectivity index (χ1) is 9.86. The van der Waals surface area contributed by atoms with Crippen LogP contribution in [0.1, 0.15) is 18.6 Å². The Labute approximate surface area is 138 Å². The van der Waals surface area contributed by atoms with E-state index in [0.29, 0.717) is 20.4 Å². The Bertz CT molecular complexity index is 689. The summed E-state index contributed by atoms with van der Waals surface area (Å²) in [5, 5.41) is 20.4. The number of nitro benzene ring substituents is 1. The highest BCUT2D eigenvalue weighted by Crippen LogP contribution is 2.33. The average molecular weight is 417 g/mol. The lowest BCUT2D eigenvalue weighted by Crippen LogP contribution is -1.94. The molecule has 2 rings (SSSR count). The fourth-order valence-corrected chi connectivity index (χ4v) is 2.91. The van der Waals surface area contributed by atoms with E-state index in [1.54, 1.807) is 31.2 Å². The third kappa shape index (κ3) is 4.03. The van der Waals surface area contributed by atoms with Gasteiger partial charge in [-0.3, -0.25) is 10.1 Å². The van der Waals surface area contributed by atoms with Gasteiger partial charge in [0, 0.05) is 15.0 Å². The summed E-state index contributed by atoms with van der Waals surface area (Å²) in [6.07, 6.45) is -0.597. The highest BCUT2D eigenvalue weighted by atomic mass is 79.9. The van der Waals surface area contributed by atoms with Crippen LogP contribution in [0.4, 0.5) is 5.69 Å². The van der Waals surface area contributed by atoms with Crippen molar-refractivity contribution in [3.8, 4) is 11.5 Å². The monoisotopic (exact) mass is 415 g/mol. The number of hydrogen-bond donors (Lipinski definition) is 1. The number of rotatable bonds is 4. The van der Waals surface area contributed by atoms with E-state index in [4.69, 9.17) is 4.74 Å². The molecule has 1 unspecified atom stereocenters. The van der Waals surface area contributed by atoms with Crippen LogP contribution in [0.25, 0.3) is 0 Å². The van der Waals surface area contributed by atoms with Gasteiger partial charge in [-0.25, -0.2) is 0 Å². The van der Waals surface area contributed by atoms with E-state index < -0.39 is 11.0 Å². The molecule has 0 aromatic heterocycles. The van der Waals surface area contributed by atoms with E-state index in [0.717, 1.165) is 5.56 Å². The van der Waals surface area contributed by atoms with Crippen molar-refractivity contribution in [2.24, 2.45) is 0 Å². The zero-order valence-electron chi connectivity index (χ0n) is 10.9. The summed E-state index contributed by atoms with van der Waals surface area (Å²) in [7, 11) is 0. The minimum Gasteiger partial charge on any atom is -0.457 e. The second kappa shape index (κ2) is 6.55. The van der Waals surface area contributed by atoms with Crippen LogP contribution in [0, 0.1) is 10.1 Å². The summed E-state index contributed by atoms with van der Waals surface area (Å²) < 4.78 is 6.89. The van der Waals surface area contributed by atoms with E-state index in [1.807, 2.05) is 0 Å². The number of halogens is 2. The number of benzene rings is 2. The third-order valence-corrected chi connectivity index (χ3v) is 3.87. The summed E-state index contributed by atoms with van der Waals surface area (Å²) in [5.41, 5.74) is 0.682. The lowest BCUT2D eigenvalue weighted by Gasteiger charge is -2.11. The minimum absolute atomic E-state index is 0.0564. The van der Waals surface area contributed by atoms with Crippen molar-refractivity contribution in [2.45, 2.75) is 13.0 Å². The number of ether oxygens (including phenoxy) is 1. The molecule has 21 heavy (non-hydrogen) atoms. The molecule has 0 aliphatic carbocycles. The molecule has 2 aromatic carbocycles. The van der Waals surface area contributed by atoms with Gasteiger partial charge in [0.05, 0.1) is 17.1 Å². The summed E-state index contributed by atoms with van der Waals surface area (Å²) in [6.45, 7) is 1.66. The number of hydrogen-bond acceptors (Lipinski definition) is 4. The smallest absolute Gasteiger partial charge is 0.274 e. The summed E-state index contributed by atoms with van der Waals surface area (Å²) in [4.78, 5) is 10.3. The van der Waals surface area contributed by atoms with Crippen LogP contribution < -0.4 is 4.74 Å². The molecule has 5 nitrogen and oxygen atoms in total. The van der Waals surface area contributed by atoms with Crippen LogP contribution in [0.15, 0.2) is 45.3 Å². The Hall–Kier alpha value is -1.44. The Balaban J connectivity index is 2.30. The Morgan fingerprint density at radius 1 is 1.19 bits per heavy atom. The average Bonchev–Trinajstić information content (AvgIpc) is 2.37. The fourth-order valence-electron chi connectivity index (χ4n) is 1.76. The molecule has 2 aromatic rings. The molecule has 0 heterocycles. The van der Waals surface area contributed by atoms with E-state index in [2.05, 4.69) is 31.9 Å². The van der Waals surface area contributed by atoms with Crippen LogP contribution in [-0.4, -0.2) is 10.0 Å². The molecule has 0 spiro atoms. The van der Waals surface area contributed by atoms with Gasteiger partial charge in [-0.2, -0.15) is 0 Å².